The molecular weight excluding hydrogens is 544 g/mol. The number of methoxy groups -OCH3 is 2. The van der Waals surface area contributed by atoms with Gasteiger partial charge in [-0.25, -0.2) is 0 Å². The van der Waals surface area contributed by atoms with E-state index in [0.29, 0.717) is 41.3 Å². The molecule has 2 fully saturated rings. The molecule has 0 aromatic heterocycles. The van der Waals surface area contributed by atoms with Gasteiger partial charge in [-0.05, 0) is 43.2 Å². The summed E-state index contributed by atoms with van der Waals surface area (Å²) < 4.78 is 10.5. The average molecular weight is 566 g/mol. The Hall–Kier alpha value is -2.39. The molecule has 0 unspecified atom stereocenters. The van der Waals surface area contributed by atoms with Crippen LogP contribution in [0.4, 0.5) is 11.4 Å². The molecule has 0 bridgehead atoms. The molecule has 1 N–H and O–H groups in total. The number of nitrogens with one attached hydrogen (secondary N) is 1. The predicted molar refractivity (Wildman–Crippen MR) is 128 cm³/mol. The lowest BCUT2D eigenvalue weighted by Crippen LogP contribution is -2.34. The van der Waals surface area contributed by atoms with Crippen molar-refractivity contribution in [2.75, 3.05) is 24.4 Å². The van der Waals surface area contributed by atoms with Gasteiger partial charge in [0.15, 0.2) is 0 Å². The van der Waals surface area contributed by atoms with Crippen LogP contribution in [0.2, 0.25) is 0 Å². The van der Waals surface area contributed by atoms with Crippen molar-refractivity contribution in [3.63, 3.8) is 0 Å². The van der Waals surface area contributed by atoms with E-state index in [0.717, 1.165) is 0 Å². The fraction of sp³-hybridized carbons (Fsp3) is 0.348. The smallest absolute Gasteiger partial charge is 0.255 e. The number of imide groups is 1. The molecule has 2 aliphatic rings. The fourth-order valence-electron chi connectivity index (χ4n) is 4.23. The first-order valence-corrected chi connectivity index (χ1v) is 12.0. The van der Waals surface area contributed by atoms with Crippen molar-refractivity contribution in [1.82, 2.24) is 0 Å². The quantitative estimate of drug-likeness (QED) is 0.429. The molecule has 0 spiro atoms. The van der Waals surface area contributed by atoms with Crippen molar-refractivity contribution in [2.24, 2.45) is 11.8 Å². The molecule has 1 aliphatic heterocycles. The summed E-state index contributed by atoms with van der Waals surface area (Å²) in [6.45, 7) is 0. The summed E-state index contributed by atoms with van der Waals surface area (Å²) in [5.74, 6) is -0.435. The van der Waals surface area contributed by atoms with Crippen molar-refractivity contribution >= 4 is 61.0 Å². The van der Waals surface area contributed by atoms with E-state index in [1.807, 2.05) is 0 Å². The number of halogens is 2. The molecule has 1 aliphatic carbocycles. The molecular formula is C23H22Br2N2O5. The molecule has 32 heavy (non-hydrogen) atoms. The van der Waals surface area contributed by atoms with Gasteiger partial charge in [0.1, 0.15) is 11.5 Å². The third kappa shape index (κ3) is 4.15. The Bertz CT molecular complexity index is 1050. The van der Waals surface area contributed by atoms with Crippen LogP contribution in [0, 0.1) is 11.8 Å². The topological polar surface area (TPSA) is 84.9 Å². The molecule has 2 aromatic carbocycles. The van der Waals surface area contributed by atoms with E-state index < -0.39 is 0 Å². The minimum atomic E-state index is -0.382. The van der Waals surface area contributed by atoms with Gasteiger partial charge >= 0.3 is 0 Å². The predicted octanol–water partition coefficient (Wildman–Crippen LogP) is 4.38. The number of carbonyl (C=O) groups excluding carboxylic acids is 3. The van der Waals surface area contributed by atoms with Crippen LogP contribution in [-0.2, 0) is 9.59 Å². The van der Waals surface area contributed by atoms with E-state index >= 15 is 0 Å². The minimum Gasteiger partial charge on any atom is -0.497 e. The van der Waals surface area contributed by atoms with Crippen LogP contribution in [0.5, 0.6) is 11.5 Å². The Morgan fingerprint density at radius 1 is 0.969 bits per heavy atom. The number of ether oxygens (including phenoxy) is 2. The summed E-state index contributed by atoms with van der Waals surface area (Å²) in [7, 11) is 3.05. The van der Waals surface area contributed by atoms with E-state index in [1.165, 1.54) is 12.0 Å². The summed E-state index contributed by atoms with van der Waals surface area (Å²) in [4.78, 5) is 40.5. The van der Waals surface area contributed by atoms with Gasteiger partial charge in [0.2, 0.25) is 11.8 Å². The highest BCUT2D eigenvalue weighted by molar-refractivity contribution is 9.12. The first kappa shape index (κ1) is 22.8. The summed E-state index contributed by atoms with van der Waals surface area (Å²) in [6.07, 6.45) is 1.19. The standard InChI is InChI=1S/C23H22Br2N2O5/c1-31-14-6-7-19(20(9-14)32-2)26-21(28)12-4-3-5-13(8-12)27-22(29)15-10-17(24)18(25)11-16(15)23(27)30/h3-9,15-18H,10-11H2,1-2H3,(H,26,28)/t15-,16-,17-,18+/m1/s1. The van der Waals surface area contributed by atoms with Crippen molar-refractivity contribution < 1.29 is 23.9 Å². The monoisotopic (exact) mass is 564 g/mol. The molecule has 4 rings (SSSR count). The van der Waals surface area contributed by atoms with Crippen LogP contribution in [0.3, 0.4) is 0 Å². The van der Waals surface area contributed by atoms with Gasteiger partial charge in [-0.15, -0.1) is 0 Å². The SMILES string of the molecule is COc1ccc(NC(=O)c2cccc(N3C(=O)[C@@H]4C[C@@H](Br)[C@@H](Br)C[C@H]4C3=O)c2)c(OC)c1. The van der Waals surface area contributed by atoms with Gasteiger partial charge in [0.25, 0.3) is 5.91 Å². The molecule has 3 amide bonds. The number of alkyl halides is 2. The fourth-order valence-corrected chi connectivity index (χ4v) is 5.47. The largest absolute Gasteiger partial charge is 0.497 e. The van der Waals surface area contributed by atoms with Crippen molar-refractivity contribution in [3.8, 4) is 11.5 Å². The third-order valence-corrected chi connectivity index (χ3v) is 8.67. The van der Waals surface area contributed by atoms with Crippen molar-refractivity contribution in [3.05, 3.63) is 48.0 Å². The summed E-state index contributed by atoms with van der Waals surface area (Å²) in [6, 6.07) is 11.6. The Balaban J connectivity index is 1.57. The first-order valence-electron chi connectivity index (χ1n) is 10.1. The highest BCUT2D eigenvalue weighted by Crippen LogP contribution is 2.44. The van der Waals surface area contributed by atoms with Crippen LogP contribution < -0.4 is 19.7 Å². The maximum Gasteiger partial charge on any atom is 0.255 e. The number of anilines is 2. The van der Waals surface area contributed by atoms with E-state index in [-0.39, 0.29) is 39.2 Å². The number of hydrogen-bond acceptors (Lipinski definition) is 5. The second-order valence-electron chi connectivity index (χ2n) is 7.80. The second-order valence-corrected chi connectivity index (χ2v) is 10.2. The van der Waals surface area contributed by atoms with Gasteiger partial charge in [-0.3, -0.25) is 19.3 Å². The lowest BCUT2D eigenvalue weighted by atomic mass is 9.81. The zero-order valence-electron chi connectivity index (χ0n) is 17.5. The summed E-state index contributed by atoms with van der Waals surface area (Å²) in [5.41, 5.74) is 1.21. The molecule has 7 nitrogen and oxygen atoms in total. The van der Waals surface area contributed by atoms with Crippen LogP contribution in [0.25, 0.3) is 0 Å². The molecule has 0 radical (unpaired) electrons. The number of amides is 3. The van der Waals surface area contributed by atoms with Gasteiger partial charge in [-0.1, -0.05) is 37.9 Å². The zero-order valence-corrected chi connectivity index (χ0v) is 20.7. The lowest BCUT2D eigenvalue weighted by molar-refractivity contribution is -0.122. The Labute approximate surface area is 202 Å². The lowest BCUT2D eigenvalue weighted by Gasteiger charge is -2.29. The Kier molecular flexibility index (Phi) is 6.57. The molecule has 168 valence electrons. The maximum absolute atomic E-state index is 13.1. The molecule has 4 atom stereocenters. The van der Waals surface area contributed by atoms with Gasteiger partial charge in [-0.2, -0.15) is 0 Å². The maximum atomic E-state index is 13.1. The number of rotatable bonds is 5. The van der Waals surface area contributed by atoms with Crippen LogP contribution in [-0.4, -0.2) is 41.6 Å². The number of hydrogen-bond donors (Lipinski definition) is 1. The zero-order chi connectivity index (χ0) is 23.0. The molecule has 2 aromatic rings. The van der Waals surface area contributed by atoms with Gasteiger partial charge < -0.3 is 14.8 Å². The molecule has 1 heterocycles. The number of benzene rings is 2. The van der Waals surface area contributed by atoms with E-state index in [2.05, 4.69) is 37.2 Å². The van der Waals surface area contributed by atoms with E-state index in [9.17, 15) is 14.4 Å². The third-order valence-electron chi connectivity index (χ3n) is 5.93. The Morgan fingerprint density at radius 2 is 1.62 bits per heavy atom. The number of nitrogens with zero attached hydrogens (tertiary/aromatic N) is 1. The molecule has 1 saturated heterocycles. The second kappa shape index (κ2) is 9.23. The van der Waals surface area contributed by atoms with Gasteiger partial charge in [0, 0.05) is 21.3 Å². The summed E-state index contributed by atoms with van der Waals surface area (Å²) >= 11 is 7.19. The highest BCUT2D eigenvalue weighted by Gasteiger charge is 2.52. The van der Waals surface area contributed by atoms with Crippen molar-refractivity contribution in [2.45, 2.75) is 22.5 Å². The highest BCUT2D eigenvalue weighted by atomic mass is 79.9. The number of fused-ring (bicyclic) bond motifs is 1. The molecule has 9 heteroatoms. The van der Waals surface area contributed by atoms with Crippen LogP contribution >= 0.6 is 31.9 Å². The Morgan fingerprint density at radius 3 is 2.22 bits per heavy atom. The first-order chi connectivity index (χ1) is 15.3. The summed E-state index contributed by atoms with van der Waals surface area (Å²) in [5, 5.41) is 2.81. The average Bonchev–Trinajstić information content (AvgIpc) is 3.03. The van der Waals surface area contributed by atoms with Crippen molar-refractivity contribution in [1.29, 1.82) is 0 Å². The van der Waals surface area contributed by atoms with Crippen LogP contribution in [0.15, 0.2) is 42.5 Å². The van der Waals surface area contributed by atoms with E-state index in [4.69, 9.17) is 9.47 Å². The van der Waals surface area contributed by atoms with E-state index in [1.54, 1.807) is 49.6 Å². The van der Waals surface area contributed by atoms with Crippen LogP contribution in [0.1, 0.15) is 23.2 Å². The normalized spacial score (nSPS) is 24.8. The number of carbonyl (C=O) groups is 3. The van der Waals surface area contributed by atoms with Gasteiger partial charge in [0.05, 0.1) is 37.4 Å². The molecule has 1 saturated carbocycles. The minimum absolute atomic E-state index is 0.136.